The number of aromatic nitrogens is 2. The summed E-state index contributed by atoms with van der Waals surface area (Å²) in [6.45, 7) is 0.409. The highest BCUT2D eigenvalue weighted by molar-refractivity contribution is 6.05. The van der Waals surface area contributed by atoms with E-state index in [1.807, 2.05) is 30.3 Å². The van der Waals surface area contributed by atoms with Crippen molar-refractivity contribution < 1.29 is 9.53 Å². The number of benzene rings is 1. The zero-order valence-electron chi connectivity index (χ0n) is 12.1. The fraction of sp³-hybridized carbons (Fsp3) is 0.118. The van der Waals surface area contributed by atoms with E-state index in [0.717, 1.165) is 16.5 Å². The monoisotopic (exact) mass is 293 g/mol. The number of hydrogen-bond donors (Lipinski definition) is 1. The lowest BCUT2D eigenvalue weighted by Gasteiger charge is -2.08. The molecule has 0 radical (unpaired) electrons. The van der Waals surface area contributed by atoms with Gasteiger partial charge in [0, 0.05) is 30.4 Å². The first-order valence-corrected chi connectivity index (χ1v) is 6.89. The fourth-order valence-corrected chi connectivity index (χ4v) is 2.21. The third-order valence-corrected chi connectivity index (χ3v) is 3.35. The van der Waals surface area contributed by atoms with Gasteiger partial charge in [-0.25, -0.2) is 4.98 Å². The molecular weight excluding hydrogens is 278 g/mol. The summed E-state index contributed by atoms with van der Waals surface area (Å²) < 4.78 is 5.01. The average Bonchev–Trinajstić information content (AvgIpc) is 2.59. The van der Waals surface area contributed by atoms with Crippen LogP contribution in [0.25, 0.3) is 10.9 Å². The number of para-hydroxylation sites is 1. The van der Waals surface area contributed by atoms with E-state index < -0.39 is 0 Å². The summed E-state index contributed by atoms with van der Waals surface area (Å²) in [6.07, 6.45) is 3.33. The zero-order valence-corrected chi connectivity index (χ0v) is 12.1. The summed E-state index contributed by atoms with van der Waals surface area (Å²) in [5.41, 5.74) is 2.33. The standard InChI is InChI=1S/C17H15N3O2/c1-22-16-7-6-12(10-19-16)11-20-17(21)14-8-9-18-15-5-3-2-4-13(14)15/h2-10H,11H2,1H3,(H,20,21). The van der Waals surface area contributed by atoms with Crippen molar-refractivity contribution in [3.63, 3.8) is 0 Å². The molecule has 5 nitrogen and oxygen atoms in total. The Morgan fingerprint density at radius 3 is 2.77 bits per heavy atom. The lowest BCUT2D eigenvalue weighted by Crippen LogP contribution is -2.23. The number of fused-ring (bicyclic) bond motifs is 1. The third kappa shape index (κ3) is 2.88. The Balaban J connectivity index is 1.75. The maximum absolute atomic E-state index is 12.4. The predicted octanol–water partition coefficient (Wildman–Crippen LogP) is 2.57. The summed E-state index contributed by atoms with van der Waals surface area (Å²) in [6, 6.07) is 12.9. The van der Waals surface area contributed by atoms with Crippen molar-refractivity contribution in [2.75, 3.05) is 7.11 Å². The molecule has 3 rings (SSSR count). The highest BCUT2D eigenvalue weighted by atomic mass is 16.5. The summed E-state index contributed by atoms with van der Waals surface area (Å²) in [4.78, 5) is 20.7. The van der Waals surface area contributed by atoms with Gasteiger partial charge in [-0.05, 0) is 17.7 Å². The first kappa shape index (κ1) is 14.0. The highest BCUT2D eigenvalue weighted by Gasteiger charge is 2.10. The molecule has 5 heteroatoms. The van der Waals surface area contributed by atoms with Crippen LogP contribution in [0.5, 0.6) is 5.88 Å². The van der Waals surface area contributed by atoms with Crippen molar-refractivity contribution >= 4 is 16.8 Å². The molecule has 2 heterocycles. The number of pyridine rings is 2. The van der Waals surface area contributed by atoms with Crippen molar-refractivity contribution in [2.45, 2.75) is 6.54 Å². The number of methoxy groups -OCH3 is 1. The first-order chi connectivity index (χ1) is 10.8. The topological polar surface area (TPSA) is 64.1 Å². The second-order valence-corrected chi connectivity index (χ2v) is 4.77. The van der Waals surface area contributed by atoms with E-state index >= 15 is 0 Å². The summed E-state index contributed by atoms with van der Waals surface area (Å²) in [7, 11) is 1.57. The lowest BCUT2D eigenvalue weighted by molar-refractivity contribution is 0.0952. The number of hydrogen-bond acceptors (Lipinski definition) is 4. The van der Waals surface area contributed by atoms with Crippen molar-refractivity contribution in [1.29, 1.82) is 0 Å². The van der Waals surface area contributed by atoms with Gasteiger partial charge in [-0.2, -0.15) is 0 Å². The summed E-state index contributed by atoms with van der Waals surface area (Å²) in [5.74, 6) is 0.421. The van der Waals surface area contributed by atoms with Gasteiger partial charge in [0.1, 0.15) is 0 Å². The molecule has 110 valence electrons. The maximum atomic E-state index is 12.4. The summed E-state index contributed by atoms with van der Waals surface area (Å²) >= 11 is 0. The second kappa shape index (κ2) is 6.22. The molecule has 1 N–H and O–H groups in total. The number of rotatable bonds is 4. The van der Waals surface area contributed by atoms with Crippen LogP contribution in [0.2, 0.25) is 0 Å². The lowest BCUT2D eigenvalue weighted by atomic mass is 10.1. The van der Waals surface area contributed by atoms with Crippen LogP contribution in [0.3, 0.4) is 0 Å². The molecular formula is C17H15N3O2. The molecule has 0 spiro atoms. The van der Waals surface area contributed by atoms with Crippen LogP contribution in [0.15, 0.2) is 54.9 Å². The molecule has 0 aliphatic rings. The Morgan fingerprint density at radius 1 is 1.14 bits per heavy atom. The van der Waals surface area contributed by atoms with Crippen LogP contribution in [0.4, 0.5) is 0 Å². The molecule has 0 atom stereocenters. The molecule has 2 aromatic heterocycles. The molecule has 1 amide bonds. The second-order valence-electron chi connectivity index (χ2n) is 4.77. The Hall–Kier alpha value is -2.95. The van der Waals surface area contributed by atoms with Gasteiger partial charge in [-0.3, -0.25) is 9.78 Å². The minimum absolute atomic E-state index is 0.130. The minimum atomic E-state index is -0.130. The van der Waals surface area contributed by atoms with Gasteiger partial charge in [-0.15, -0.1) is 0 Å². The van der Waals surface area contributed by atoms with Crippen LogP contribution in [-0.4, -0.2) is 23.0 Å². The van der Waals surface area contributed by atoms with Gasteiger partial charge in [0.2, 0.25) is 5.88 Å². The number of carbonyl (C=O) groups is 1. The van der Waals surface area contributed by atoms with Crippen LogP contribution in [0.1, 0.15) is 15.9 Å². The minimum Gasteiger partial charge on any atom is -0.481 e. The third-order valence-electron chi connectivity index (χ3n) is 3.35. The van der Waals surface area contributed by atoms with E-state index in [0.29, 0.717) is 18.0 Å². The Bertz CT molecular complexity index is 795. The van der Waals surface area contributed by atoms with Gasteiger partial charge in [0.15, 0.2) is 0 Å². The predicted molar refractivity (Wildman–Crippen MR) is 83.7 cm³/mol. The molecule has 0 saturated carbocycles. The van der Waals surface area contributed by atoms with Gasteiger partial charge >= 0.3 is 0 Å². The molecule has 0 bridgehead atoms. The molecule has 1 aromatic carbocycles. The van der Waals surface area contributed by atoms with Crippen molar-refractivity contribution in [1.82, 2.24) is 15.3 Å². The SMILES string of the molecule is COc1ccc(CNC(=O)c2ccnc3ccccc23)cn1. The van der Waals surface area contributed by atoms with Crippen molar-refractivity contribution in [2.24, 2.45) is 0 Å². The van der Waals surface area contributed by atoms with E-state index in [4.69, 9.17) is 4.74 Å². The fourth-order valence-electron chi connectivity index (χ4n) is 2.21. The molecule has 0 aliphatic heterocycles. The van der Waals surface area contributed by atoms with Gasteiger partial charge in [0.05, 0.1) is 18.2 Å². The molecule has 0 saturated heterocycles. The largest absolute Gasteiger partial charge is 0.481 e. The van der Waals surface area contributed by atoms with Crippen LogP contribution < -0.4 is 10.1 Å². The number of nitrogens with zero attached hydrogens (tertiary/aromatic N) is 2. The van der Waals surface area contributed by atoms with E-state index in [-0.39, 0.29) is 5.91 Å². The van der Waals surface area contributed by atoms with Crippen molar-refractivity contribution in [3.05, 3.63) is 66.0 Å². The maximum Gasteiger partial charge on any atom is 0.252 e. The van der Waals surface area contributed by atoms with E-state index in [9.17, 15) is 4.79 Å². The molecule has 0 fully saturated rings. The smallest absolute Gasteiger partial charge is 0.252 e. The highest BCUT2D eigenvalue weighted by Crippen LogP contribution is 2.16. The number of amides is 1. The average molecular weight is 293 g/mol. The number of carbonyl (C=O) groups excluding carboxylic acids is 1. The van der Waals surface area contributed by atoms with Crippen molar-refractivity contribution in [3.8, 4) is 5.88 Å². The van der Waals surface area contributed by atoms with Gasteiger partial charge in [-0.1, -0.05) is 24.3 Å². The van der Waals surface area contributed by atoms with Crippen LogP contribution in [0, 0.1) is 0 Å². The summed E-state index contributed by atoms with van der Waals surface area (Å²) in [5, 5.41) is 3.74. The number of nitrogens with one attached hydrogen (secondary N) is 1. The molecule has 3 aromatic rings. The van der Waals surface area contributed by atoms with E-state index in [2.05, 4.69) is 15.3 Å². The Morgan fingerprint density at radius 2 is 2.00 bits per heavy atom. The zero-order chi connectivity index (χ0) is 15.4. The molecule has 0 unspecified atom stereocenters. The van der Waals surface area contributed by atoms with Gasteiger partial charge < -0.3 is 10.1 Å². The Kier molecular flexibility index (Phi) is 3.96. The quantitative estimate of drug-likeness (QED) is 0.803. The first-order valence-electron chi connectivity index (χ1n) is 6.89. The van der Waals surface area contributed by atoms with Gasteiger partial charge in [0.25, 0.3) is 5.91 Å². The Labute approximate surface area is 128 Å². The van der Waals surface area contributed by atoms with E-state index in [1.54, 1.807) is 31.6 Å². The van der Waals surface area contributed by atoms with E-state index in [1.165, 1.54) is 0 Å². The van der Waals surface area contributed by atoms with Crippen LogP contribution >= 0.6 is 0 Å². The number of ether oxygens (including phenoxy) is 1. The molecule has 0 aliphatic carbocycles. The van der Waals surface area contributed by atoms with Crippen LogP contribution in [-0.2, 0) is 6.54 Å². The molecule has 22 heavy (non-hydrogen) atoms. The normalized spacial score (nSPS) is 10.4.